The van der Waals surface area contributed by atoms with Crippen molar-refractivity contribution in [2.24, 2.45) is 5.73 Å². The van der Waals surface area contributed by atoms with Crippen LogP contribution >= 0.6 is 0 Å². The first-order chi connectivity index (χ1) is 16.6. The summed E-state index contributed by atoms with van der Waals surface area (Å²) < 4.78 is 6.43. The lowest BCUT2D eigenvalue weighted by Gasteiger charge is -2.32. The van der Waals surface area contributed by atoms with Crippen LogP contribution < -0.4 is 20.9 Å². The van der Waals surface area contributed by atoms with E-state index in [0.717, 1.165) is 21.6 Å². The second-order valence-corrected chi connectivity index (χ2v) is 7.98. The van der Waals surface area contributed by atoms with Crippen LogP contribution in [0, 0.1) is 11.3 Å². The van der Waals surface area contributed by atoms with Gasteiger partial charge >= 0.3 is 0 Å². The van der Waals surface area contributed by atoms with E-state index in [1.165, 1.54) is 18.6 Å². The second-order valence-electron chi connectivity index (χ2n) is 7.98. The zero-order valence-corrected chi connectivity index (χ0v) is 18.7. The first kappa shape index (κ1) is 22.7. The molecule has 0 atom stereocenters. The molecule has 7 heteroatoms. The van der Waals surface area contributed by atoms with Crippen molar-refractivity contribution in [2.45, 2.75) is 18.9 Å². The van der Waals surface area contributed by atoms with Gasteiger partial charge in [0.25, 0.3) is 5.91 Å². The highest BCUT2D eigenvalue weighted by molar-refractivity contribution is 5.93. The fourth-order valence-corrected chi connectivity index (χ4v) is 4.08. The van der Waals surface area contributed by atoms with Crippen LogP contribution in [0.15, 0.2) is 67.5 Å². The summed E-state index contributed by atoms with van der Waals surface area (Å²) in [5, 5.41) is 18.5. The van der Waals surface area contributed by atoms with Crippen LogP contribution in [0.3, 0.4) is 0 Å². The Morgan fingerprint density at radius 3 is 2.68 bits per heavy atom. The summed E-state index contributed by atoms with van der Waals surface area (Å²) in [5.41, 5.74) is 8.94. The molecule has 2 aromatic carbocycles. The minimum Gasteiger partial charge on any atom is -0.490 e. The van der Waals surface area contributed by atoms with Gasteiger partial charge in [-0.2, -0.15) is 15.5 Å². The minimum atomic E-state index is -0.0596. The number of amides is 1. The third kappa shape index (κ3) is 4.97. The van der Waals surface area contributed by atoms with Crippen LogP contribution in [-0.2, 0) is 0 Å². The molecule has 170 valence electrons. The number of ether oxygens (including phenoxy) is 1. The Labute approximate surface area is 198 Å². The molecule has 1 aliphatic rings. The monoisotopic (exact) mass is 451 g/mol. The summed E-state index contributed by atoms with van der Waals surface area (Å²) in [7, 11) is 0. The molecule has 1 aliphatic heterocycles. The molecule has 34 heavy (non-hydrogen) atoms. The first-order valence-electron chi connectivity index (χ1n) is 11.0. The van der Waals surface area contributed by atoms with Gasteiger partial charge in [-0.3, -0.25) is 4.79 Å². The molecule has 0 aliphatic carbocycles. The summed E-state index contributed by atoms with van der Waals surface area (Å²) in [6.45, 7) is 4.99. The predicted octanol–water partition coefficient (Wildman–Crippen LogP) is 2.36. The zero-order valence-electron chi connectivity index (χ0n) is 18.7. The van der Waals surface area contributed by atoms with Crippen molar-refractivity contribution >= 4 is 18.2 Å². The Balaban J connectivity index is 1.59. The smallest absolute Gasteiger partial charge is 0.255 e. The fraction of sp³-hybridized carbons (Fsp3) is 0.185. The summed E-state index contributed by atoms with van der Waals surface area (Å²) in [6, 6.07) is 15.3. The van der Waals surface area contributed by atoms with E-state index in [1.807, 2.05) is 41.3 Å². The van der Waals surface area contributed by atoms with Gasteiger partial charge in [-0.15, -0.1) is 0 Å². The molecule has 0 unspecified atom stereocenters. The van der Waals surface area contributed by atoms with Gasteiger partial charge in [0.15, 0.2) is 0 Å². The number of piperidine rings is 1. The molecule has 1 saturated heterocycles. The van der Waals surface area contributed by atoms with Crippen molar-refractivity contribution in [1.29, 1.82) is 5.26 Å². The highest BCUT2D eigenvalue weighted by atomic mass is 16.5. The molecular weight excluding hydrogens is 426 g/mol. The van der Waals surface area contributed by atoms with E-state index < -0.39 is 0 Å². The lowest BCUT2D eigenvalue weighted by molar-refractivity contribution is 0.0593. The minimum absolute atomic E-state index is 0.0495. The van der Waals surface area contributed by atoms with Crippen LogP contribution in [0.25, 0.3) is 23.4 Å². The Hall–Kier alpha value is -4.44. The zero-order chi connectivity index (χ0) is 23.9. The molecule has 1 amide bonds. The molecule has 1 aromatic heterocycles. The van der Waals surface area contributed by atoms with Gasteiger partial charge in [0.05, 0.1) is 29.6 Å². The Bertz CT molecular complexity index is 1350. The average Bonchev–Trinajstić information content (AvgIpc) is 2.89. The second kappa shape index (κ2) is 10.5. The van der Waals surface area contributed by atoms with Crippen LogP contribution in [0.1, 0.15) is 28.8 Å². The van der Waals surface area contributed by atoms with Gasteiger partial charge in [0, 0.05) is 37.3 Å². The standard InChI is InChI=1S/C27H25N5O2/c1-2-4-21-14-23(20-6-3-5-19(13-20)16-28)15-26(25(21)17-29)34-24-8-11-32(12-9-24)27(33)22-7-10-30-31-18-22/h2-7,10,13-15,17-18,24H,1,8-9,11-12,29H2/b21-4-,25-17+. The third-order valence-electron chi connectivity index (χ3n) is 5.82. The molecule has 0 spiro atoms. The maximum Gasteiger partial charge on any atom is 0.255 e. The van der Waals surface area contributed by atoms with Gasteiger partial charge < -0.3 is 15.4 Å². The molecular formula is C27H25N5O2. The SMILES string of the molecule is C=C/C=c1/cc(-c2cccc(C#N)c2)cc(OC2CCN(C(=O)c3ccnnc3)CC2)/c1=C/N. The molecule has 0 radical (unpaired) electrons. The summed E-state index contributed by atoms with van der Waals surface area (Å²) >= 11 is 0. The van der Waals surface area contributed by atoms with Crippen LogP contribution in [-0.4, -0.2) is 40.2 Å². The molecule has 2 heterocycles. The van der Waals surface area contributed by atoms with Crippen LogP contribution in [0.5, 0.6) is 5.75 Å². The number of aromatic nitrogens is 2. The molecule has 1 fully saturated rings. The maximum absolute atomic E-state index is 12.7. The number of carbonyl (C=O) groups is 1. The van der Waals surface area contributed by atoms with Crippen molar-refractivity contribution in [3.05, 3.63) is 89.1 Å². The Morgan fingerprint density at radius 2 is 2.00 bits per heavy atom. The van der Waals surface area contributed by atoms with Gasteiger partial charge in [0.1, 0.15) is 11.9 Å². The molecule has 0 bridgehead atoms. The van der Waals surface area contributed by atoms with Crippen molar-refractivity contribution in [1.82, 2.24) is 15.1 Å². The Kier molecular flexibility index (Phi) is 6.99. The molecule has 3 aromatic rings. The van der Waals surface area contributed by atoms with Gasteiger partial charge in [-0.25, -0.2) is 0 Å². The highest BCUT2D eigenvalue weighted by Crippen LogP contribution is 2.24. The van der Waals surface area contributed by atoms with E-state index in [2.05, 4.69) is 22.8 Å². The van der Waals surface area contributed by atoms with Gasteiger partial charge in [-0.05, 0) is 46.7 Å². The van der Waals surface area contributed by atoms with Crippen LogP contribution in [0.2, 0.25) is 0 Å². The van der Waals surface area contributed by atoms with Crippen molar-refractivity contribution in [3.8, 4) is 22.9 Å². The van der Waals surface area contributed by atoms with E-state index in [4.69, 9.17) is 10.5 Å². The largest absolute Gasteiger partial charge is 0.490 e. The summed E-state index contributed by atoms with van der Waals surface area (Å²) in [5.74, 6) is 0.616. The number of nitriles is 1. The van der Waals surface area contributed by atoms with Gasteiger partial charge in [-0.1, -0.05) is 30.9 Å². The predicted molar refractivity (Wildman–Crippen MR) is 131 cm³/mol. The molecule has 4 rings (SSSR count). The number of allylic oxidation sites excluding steroid dienone is 1. The average molecular weight is 452 g/mol. The lowest BCUT2D eigenvalue weighted by atomic mass is 10.0. The molecule has 2 N–H and O–H groups in total. The fourth-order valence-electron chi connectivity index (χ4n) is 4.08. The lowest BCUT2D eigenvalue weighted by Crippen LogP contribution is -2.42. The first-order valence-corrected chi connectivity index (χ1v) is 11.0. The highest BCUT2D eigenvalue weighted by Gasteiger charge is 2.25. The number of hydrogen-bond acceptors (Lipinski definition) is 6. The molecule has 0 saturated carbocycles. The normalized spacial score (nSPS) is 15.1. The van der Waals surface area contributed by atoms with Crippen LogP contribution in [0.4, 0.5) is 0 Å². The van der Waals surface area contributed by atoms with Crippen molar-refractivity contribution in [2.75, 3.05) is 13.1 Å². The quantitative estimate of drug-likeness (QED) is 0.639. The van der Waals surface area contributed by atoms with E-state index in [-0.39, 0.29) is 12.0 Å². The number of hydrogen-bond donors (Lipinski definition) is 1. The summed E-state index contributed by atoms with van der Waals surface area (Å²) in [4.78, 5) is 14.5. The van der Waals surface area contributed by atoms with E-state index in [1.54, 1.807) is 18.2 Å². The number of rotatable bonds is 5. The van der Waals surface area contributed by atoms with Crippen molar-refractivity contribution < 1.29 is 9.53 Å². The number of nitrogens with zero attached hydrogens (tertiary/aromatic N) is 4. The number of benzene rings is 2. The van der Waals surface area contributed by atoms with E-state index in [0.29, 0.717) is 42.8 Å². The summed E-state index contributed by atoms with van der Waals surface area (Å²) in [6.07, 6.45) is 9.47. The topological polar surface area (TPSA) is 105 Å². The Morgan fingerprint density at radius 1 is 1.18 bits per heavy atom. The van der Waals surface area contributed by atoms with E-state index >= 15 is 0 Å². The molecule has 7 nitrogen and oxygen atoms in total. The number of likely N-dealkylation sites (tertiary alicyclic amines) is 1. The maximum atomic E-state index is 12.7. The third-order valence-corrected chi connectivity index (χ3v) is 5.82. The van der Waals surface area contributed by atoms with E-state index in [9.17, 15) is 10.1 Å². The number of nitrogens with two attached hydrogens (primary N) is 1. The number of carbonyl (C=O) groups excluding carboxylic acids is 1. The van der Waals surface area contributed by atoms with Gasteiger partial charge in [0.2, 0.25) is 0 Å². The van der Waals surface area contributed by atoms with Crippen molar-refractivity contribution in [3.63, 3.8) is 0 Å².